The Morgan fingerprint density at radius 2 is 2.04 bits per heavy atom. The number of nitrogens with zero attached hydrogens (tertiary/aromatic N) is 3. The predicted octanol–water partition coefficient (Wildman–Crippen LogP) is 2.85. The Morgan fingerprint density at radius 3 is 2.78 bits per heavy atom. The minimum atomic E-state index is -0.556. The van der Waals surface area contributed by atoms with Crippen LogP contribution in [0.4, 0.5) is 5.82 Å². The van der Waals surface area contributed by atoms with Crippen molar-refractivity contribution in [2.24, 2.45) is 5.10 Å². The Morgan fingerprint density at radius 1 is 1.22 bits per heavy atom. The lowest BCUT2D eigenvalue weighted by Crippen LogP contribution is -2.13. The molecule has 0 atom stereocenters. The van der Waals surface area contributed by atoms with Gasteiger partial charge in [0.1, 0.15) is 6.61 Å². The number of halogens is 1. The Bertz CT molecular complexity index is 989. The van der Waals surface area contributed by atoms with E-state index in [1.165, 1.54) is 6.20 Å². The van der Waals surface area contributed by atoms with Gasteiger partial charge < -0.3 is 9.47 Å². The molecule has 3 rings (SSSR count). The fourth-order valence-electron chi connectivity index (χ4n) is 2.16. The summed E-state index contributed by atoms with van der Waals surface area (Å²) in [6, 6.07) is 12.8. The molecule has 1 heterocycles. The molecule has 3 aromatic rings. The van der Waals surface area contributed by atoms with Crippen LogP contribution in [0.25, 0.3) is 0 Å². The number of anilines is 1. The minimum absolute atomic E-state index is 0.241. The van der Waals surface area contributed by atoms with E-state index >= 15 is 0 Å². The first kappa shape index (κ1) is 18.4. The number of methoxy groups -OCH3 is 1. The van der Waals surface area contributed by atoms with Crippen LogP contribution >= 0.6 is 11.6 Å². The number of H-pyrrole nitrogens is 1. The van der Waals surface area contributed by atoms with Crippen LogP contribution in [0.15, 0.2) is 58.6 Å². The van der Waals surface area contributed by atoms with E-state index in [1.54, 1.807) is 25.5 Å². The fraction of sp³-hybridized carbons (Fsp3) is 0.111. The van der Waals surface area contributed by atoms with E-state index in [9.17, 15) is 4.79 Å². The molecule has 0 bridgehead atoms. The third kappa shape index (κ3) is 5.29. The quantitative estimate of drug-likeness (QED) is 0.479. The minimum Gasteiger partial charge on any atom is -0.493 e. The summed E-state index contributed by atoms with van der Waals surface area (Å²) >= 11 is 5.88. The van der Waals surface area contributed by atoms with Gasteiger partial charge in [0.05, 0.1) is 19.5 Å². The maximum absolute atomic E-state index is 11.1. The SMILES string of the molecule is COc1cc(/C=N/Nc2cn[nH]c(=O)n2)ccc1OCc1ccc(Cl)cc1. The molecular weight excluding hydrogens is 370 g/mol. The highest BCUT2D eigenvalue weighted by Gasteiger charge is 2.06. The maximum atomic E-state index is 11.1. The summed E-state index contributed by atoms with van der Waals surface area (Å²) in [6.07, 6.45) is 2.92. The van der Waals surface area contributed by atoms with Crippen molar-refractivity contribution in [1.82, 2.24) is 15.2 Å². The first-order valence-electron chi connectivity index (χ1n) is 7.90. The van der Waals surface area contributed by atoms with Gasteiger partial charge in [0, 0.05) is 5.02 Å². The number of aromatic nitrogens is 3. The van der Waals surface area contributed by atoms with E-state index in [2.05, 4.69) is 25.7 Å². The second-order valence-electron chi connectivity index (χ2n) is 5.37. The summed E-state index contributed by atoms with van der Waals surface area (Å²) in [7, 11) is 1.56. The van der Waals surface area contributed by atoms with Crippen molar-refractivity contribution in [3.63, 3.8) is 0 Å². The van der Waals surface area contributed by atoms with Crippen LogP contribution < -0.4 is 20.6 Å². The lowest BCUT2D eigenvalue weighted by Gasteiger charge is -2.11. The van der Waals surface area contributed by atoms with Gasteiger partial charge in [-0.15, -0.1) is 0 Å². The Labute approximate surface area is 159 Å². The third-order valence-electron chi connectivity index (χ3n) is 3.46. The Balaban J connectivity index is 1.65. The number of rotatable bonds is 7. The molecule has 2 N–H and O–H groups in total. The number of hydrogen-bond acceptors (Lipinski definition) is 7. The van der Waals surface area contributed by atoms with E-state index in [-0.39, 0.29) is 5.82 Å². The molecule has 0 aliphatic carbocycles. The van der Waals surface area contributed by atoms with Gasteiger partial charge in [-0.1, -0.05) is 23.7 Å². The van der Waals surface area contributed by atoms with Crippen molar-refractivity contribution in [1.29, 1.82) is 0 Å². The topological polar surface area (TPSA) is 101 Å². The first-order valence-corrected chi connectivity index (χ1v) is 8.28. The molecule has 0 aliphatic heterocycles. The molecule has 0 amide bonds. The average molecular weight is 386 g/mol. The van der Waals surface area contributed by atoms with E-state index in [0.717, 1.165) is 11.1 Å². The monoisotopic (exact) mass is 385 g/mol. The van der Waals surface area contributed by atoms with E-state index < -0.39 is 5.69 Å². The van der Waals surface area contributed by atoms with Gasteiger partial charge in [-0.3, -0.25) is 5.43 Å². The summed E-state index contributed by atoms with van der Waals surface area (Å²) in [6.45, 7) is 0.393. The van der Waals surface area contributed by atoms with E-state index in [4.69, 9.17) is 21.1 Å². The lowest BCUT2D eigenvalue weighted by molar-refractivity contribution is 0.284. The molecule has 1 aromatic heterocycles. The van der Waals surface area contributed by atoms with E-state index in [1.807, 2.05) is 30.3 Å². The normalized spacial score (nSPS) is 10.7. The molecule has 0 saturated carbocycles. The predicted molar refractivity (Wildman–Crippen MR) is 103 cm³/mol. The summed E-state index contributed by atoms with van der Waals surface area (Å²) in [5, 5.41) is 10.5. The zero-order valence-corrected chi connectivity index (χ0v) is 15.1. The molecule has 2 aromatic carbocycles. The van der Waals surface area contributed by atoms with Crippen molar-refractivity contribution >= 4 is 23.6 Å². The molecule has 0 spiro atoms. The molecular formula is C18H16ClN5O3. The zero-order valence-electron chi connectivity index (χ0n) is 14.3. The lowest BCUT2D eigenvalue weighted by atomic mass is 10.2. The number of hydrogen-bond donors (Lipinski definition) is 2. The summed E-state index contributed by atoms with van der Waals surface area (Å²) in [5.41, 5.74) is 3.84. The molecule has 0 radical (unpaired) electrons. The molecule has 27 heavy (non-hydrogen) atoms. The highest BCUT2D eigenvalue weighted by atomic mass is 35.5. The Hall–Kier alpha value is -3.39. The number of nitrogens with one attached hydrogen (secondary N) is 2. The molecule has 8 nitrogen and oxygen atoms in total. The van der Waals surface area contributed by atoms with E-state index in [0.29, 0.717) is 23.1 Å². The van der Waals surface area contributed by atoms with Crippen LogP contribution in [0, 0.1) is 0 Å². The third-order valence-corrected chi connectivity index (χ3v) is 3.71. The van der Waals surface area contributed by atoms with Crippen molar-refractivity contribution < 1.29 is 9.47 Å². The molecule has 0 saturated heterocycles. The van der Waals surface area contributed by atoms with Gasteiger partial charge >= 0.3 is 5.69 Å². The summed E-state index contributed by atoms with van der Waals surface area (Å²) in [4.78, 5) is 14.7. The molecule has 9 heteroatoms. The number of ether oxygens (including phenoxy) is 2. The van der Waals surface area contributed by atoms with Crippen molar-refractivity contribution in [2.45, 2.75) is 6.61 Å². The molecule has 0 fully saturated rings. The van der Waals surface area contributed by atoms with Gasteiger partial charge in [-0.2, -0.15) is 15.2 Å². The van der Waals surface area contributed by atoms with Crippen molar-refractivity contribution in [2.75, 3.05) is 12.5 Å². The zero-order chi connectivity index (χ0) is 19.1. The number of aromatic amines is 1. The van der Waals surface area contributed by atoms with Gasteiger partial charge in [-0.05, 0) is 41.5 Å². The molecule has 138 valence electrons. The average Bonchev–Trinajstić information content (AvgIpc) is 2.68. The maximum Gasteiger partial charge on any atom is 0.363 e. The fourth-order valence-corrected chi connectivity index (χ4v) is 2.29. The highest BCUT2D eigenvalue weighted by molar-refractivity contribution is 6.30. The second-order valence-corrected chi connectivity index (χ2v) is 5.80. The smallest absolute Gasteiger partial charge is 0.363 e. The van der Waals surface area contributed by atoms with Crippen LogP contribution in [-0.4, -0.2) is 28.5 Å². The van der Waals surface area contributed by atoms with Crippen LogP contribution in [-0.2, 0) is 6.61 Å². The standard InChI is InChI=1S/C18H16ClN5O3/c1-26-16-8-13(9-20-23-17-10-21-24-18(25)22-17)4-7-15(16)27-11-12-2-5-14(19)6-3-12/h2-10H,11H2,1H3,(H2,22,23,24,25)/b20-9+. The van der Waals surface area contributed by atoms with Crippen molar-refractivity contribution in [3.05, 3.63) is 75.3 Å². The van der Waals surface area contributed by atoms with Crippen molar-refractivity contribution in [3.8, 4) is 11.5 Å². The van der Waals surface area contributed by atoms with Crippen LogP contribution in [0.5, 0.6) is 11.5 Å². The Kier molecular flexibility index (Phi) is 6.01. The molecule has 0 unspecified atom stereocenters. The van der Waals surface area contributed by atoms with Gasteiger partial charge in [0.2, 0.25) is 0 Å². The molecule has 0 aliphatic rings. The summed E-state index contributed by atoms with van der Waals surface area (Å²) < 4.78 is 11.2. The van der Waals surface area contributed by atoms with Crippen LogP contribution in [0.3, 0.4) is 0 Å². The first-order chi connectivity index (χ1) is 13.1. The summed E-state index contributed by atoms with van der Waals surface area (Å²) in [5.74, 6) is 1.42. The number of benzene rings is 2. The van der Waals surface area contributed by atoms with Crippen LogP contribution in [0.1, 0.15) is 11.1 Å². The second kappa shape index (κ2) is 8.81. The van der Waals surface area contributed by atoms with Gasteiger partial charge in [0.15, 0.2) is 17.3 Å². The highest BCUT2D eigenvalue weighted by Crippen LogP contribution is 2.28. The van der Waals surface area contributed by atoms with Gasteiger partial charge in [-0.25, -0.2) is 9.89 Å². The number of hydrazone groups is 1. The van der Waals surface area contributed by atoms with Crippen LogP contribution in [0.2, 0.25) is 5.02 Å². The van der Waals surface area contributed by atoms with Gasteiger partial charge in [0.25, 0.3) is 0 Å². The largest absolute Gasteiger partial charge is 0.493 e.